The number of nitrogens with zero attached hydrogens (tertiary/aromatic N) is 2. The van der Waals surface area contributed by atoms with Gasteiger partial charge in [-0.05, 0) is 103 Å². The zero-order valence-electron chi connectivity index (χ0n) is 24.0. The van der Waals surface area contributed by atoms with E-state index in [9.17, 15) is 0 Å². The fourth-order valence-electron chi connectivity index (χ4n) is 6.11. The second-order valence-corrected chi connectivity index (χ2v) is 10.8. The zero-order valence-corrected chi connectivity index (χ0v) is 24.0. The monoisotopic (exact) mass is 540 g/mol. The minimum absolute atomic E-state index is 0.933. The fraction of sp³-hybridized carbons (Fsp3) is 0.100. The first kappa shape index (κ1) is 25.9. The lowest BCUT2D eigenvalue weighted by atomic mass is 9.85. The first-order valence-electron chi connectivity index (χ1n) is 14.8. The lowest BCUT2D eigenvalue weighted by Gasteiger charge is -2.18. The maximum atomic E-state index is 4.47. The Morgan fingerprint density at radius 3 is 1.05 bits per heavy atom. The van der Waals surface area contributed by atoms with Crippen molar-refractivity contribution in [2.45, 2.75) is 26.7 Å². The molecule has 0 saturated heterocycles. The van der Waals surface area contributed by atoms with Crippen molar-refractivity contribution in [3.63, 3.8) is 0 Å². The van der Waals surface area contributed by atoms with Gasteiger partial charge in [-0.2, -0.15) is 0 Å². The van der Waals surface area contributed by atoms with Gasteiger partial charge in [-0.1, -0.05) is 111 Å². The molecule has 0 spiro atoms. The van der Waals surface area contributed by atoms with Crippen LogP contribution >= 0.6 is 0 Å². The highest BCUT2D eigenvalue weighted by atomic mass is 14.7. The molecular formula is C40H32N2. The fourth-order valence-corrected chi connectivity index (χ4v) is 6.11. The summed E-state index contributed by atoms with van der Waals surface area (Å²) < 4.78 is 0. The molecule has 0 saturated carbocycles. The van der Waals surface area contributed by atoms with E-state index >= 15 is 0 Å². The molecule has 5 aromatic carbocycles. The Kier molecular flexibility index (Phi) is 6.81. The first-order chi connectivity index (χ1) is 20.7. The van der Waals surface area contributed by atoms with E-state index in [-0.39, 0.29) is 0 Å². The van der Waals surface area contributed by atoms with Crippen molar-refractivity contribution in [3.05, 3.63) is 145 Å². The summed E-state index contributed by atoms with van der Waals surface area (Å²) in [6, 6.07) is 44.3. The second-order valence-electron chi connectivity index (χ2n) is 10.8. The molecular weight excluding hydrogens is 508 g/mol. The summed E-state index contributed by atoms with van der Waals surface area (Å²) in [7, 11) is 0. The van der Waals surface area contributed by atoms with Crippen LogP contribution in [0, 0.1) is 0 Å². The quantitative estimate of drug-likeness (QED) is 0.196. The molecule has 0 aliphatic heterocycles. The summed E-state index contributed by atoms with van der Waals surface area (Å²) in [5, 5.41) is 5.06. The van der Waals surface area contributed by atoms with E-state index in [4.69, 9.17) is 0 Å². The third kappa shape index (κ3) is 4.65. The molecule has 42 heavy (non-hydrogen) atoms. The molecule has 7 rings (SSSR count). The van der Waals surface area contributed by atoms with Gasteiger partial charge in [0.05, 0.1) is 0 Å². The van der Waals surface area contributed by atoms with E-state index in [0.29, 0.717) is 0 Å². The lowest BCUT2D eigenvalue weighted by Crippen LogP contribution is -1.91. The van der Waals surface area contributed by atoms with Crippen molar-refractivity contribution in [3.8, 4) is 44.5 Å². The SMILES string of the molecule is CCc1cc(-c2ccc(-c3c4ccccc4c(-c4ccc(-c5ccnc(CC)c5)cc4)c4ccccc34)cc2)ccn1. The lowest BCUT2D eigenvalue weighted by molar-refractivity contribution is 1.04. The molecule has 2 aromatic heterocycles. The molecule has 0 fully saturated rings. The summed E-state index contributed by atoms with van der Waals surface area (Å²) in [4.78, 5) is 8.95. The van der Waals surface area contributed by atoms with Crippen LogP contribution in [0.3, 0.4) is 0 Å². The van der Waals surface area contributed by atoms with E-state index < -0.39 is 0 Å². The molecule has 2 heteroatoms. The van der Waals surface area contributed by atoms with Crippen LogP contribution in [0.4, 0.5) is 0 Å². The molecule has 7 aromatic rings. The van der Waals surface area contributed by atoms with Crippen molar-refractivity contribution in [1.82, 2.24) is 9.97 Å². The topological polar surface area (TPSA) is 25.8 Å². The van der Waals surface area contributed by atoms with Gasteiger partial charge in [-0.3, -0.25) is 9.97 Å². The number of hydrogen-bond donors (Lipinski definition) is 0. The zero-order chi connectivity index (χ0) is 28.5. The Balaban J connectivity index is 1.37. The molecule has 0 radical (unpaired) electrons. The number of benzene rings is 5. The highest BCUT2D eigenvalue weighted by molar-refractivity contribution is 6.21. The summed E-state index contributed by atoms with van der Waals surface area (Å²) in [5.74, 6) is 0. The smallest absolute Gasteiger partial charge is 0.0407 e. The van der Waals surface area contributed by atoms with E-state index in [0.717, 1.165) is 24.2 Å². The number of hydrogen-bond acceptors (Lipinski definition) is 2. The number of rotatable bonds is 6. The van der Waals surface area contributed by atoms with Crippen molar-refractivity contribution in [2.75, 3.05) is 0 Å². The van der Waals surface area contributed by atoms with Crippen LogP contribution in [-0.4, -0.2) is 9.97 Å². The number of pyridine rings is 2. The van der Waals surface area contributed by atoms with Crippen molar-refractivity contribution < 1.29 is 0 Å². The normalized spacial score (nSPS) is 11.3. The Hall–Kier alpha value is -5.08. The van der Waals surface area contributed by atoms with Gasteiger partial charge in [-0.25, -0.2) is 0 Å². The average Bonchev–Trinajstić information content (AvgIpc) is 3.07. The number of fused-ring (bicyclic) bond motifs is 2. The highest BCUT2D eigenvalue weighted by Gasteiger charge is 2.16. The van der Waals surface area contributed by atoms with Gasteiger partial charge >= 0.3 is 0 Å². The van der Waals surface area contributed by atoms with Crippen LogP contribution in [0.2, 0.25) is 0 Å². The van der Waals surface area contributed by atoms with Gasteiger partial charge < -0.3 is 0 Å². The Labute approximate surface area is 247 Å². The molecule has 0 atom stereocenters. The van der Waals surface area contributed by atoms with Gasteiger partial charge in [0.15, 0.2) is 0 Å². The predicted octanol–water partition coefficient (Wildman–Crippen LogP) is 10.6. The van der Waals surface area contributed by atoms with Crippen molar-refractivity contribution in [1.29, 1.82) is 0 Å². The Morgan fingerprint density at radius 1 is 0.381 bits per heavy atom. The average molecular weight is 541 g/mol. The van der Waals surface area contributed by atoms with Crippen LogP contribution in [0.1, 0.15) is 25.2 Å². The molecule has 0 N–H and O–H groups in total. The Bertz CT molecular complexity index is 1830. The molecule has 202 valence electrons. The summed E-state index contributed by atoms with van der Waals surface area (Å²) >= 11 is 0. The number of aryl methyl sites for hydroxylation is 2. The Morgan fingerprint density at radius 2 is 0.714 bits per heavy atom. The minimum atomic E-state index is 0.933. The molecule has 0 unspecified atom stereocenters. The van der Waals surface area contributed by atoms with Crippen LogP contribution in [0.5, 0.6) is 0 Å². The minimum Gasteiger partial charge on any atom is -0.261 e. The summed E-state index contributed by atoms with van der Waals surface area (Å²) in [6.07, 6.45) is 5.69. The van der Waals surface area contributed by atoms with Crippen molar-refractivity contribution in [2.24, 2.45) is 0 Å². The van der Waals surface area contributed by atoms with Gasteiger partial charge in [0.1, 0.15) is 0 Å². The molecule has 0 aliphatic rings. The highest BCUT2D eigenvalue weighted by Crippen LogP contribution is 2.44. The maximum Gasteiger partial charge on any atom is 0.0407 e. The molecule has 0 aliphatic carbocycles. The molecule has 0 bridgehead atoms. The largest absolute Gasteiger partial charge is 0.261 e. The molecule has 2 nitrogen and oxygen atoms in total. The predicted molar refractivity (Wildman–Crippen MR) is 178 cm³/mol. The third-order valence-electron chi connectivity index (χ3n) is 8.30. The van der Waals surface area contributed by atoms with E-state index in [1.807, 2.05) is 12.4 Å². The third-order valence-corrected chi connectivity index (χ3v) is 8.30. The van der Waals surface area contributed by atoms with Gasteiger partial charge in [-0.15, -0.1) is 0 Å². The van der Waals surface area contributed by atoms with Crippen molar-refractivity contribution >= 4 is 21.5 Å². The van der Waals surface area contributed by atoms with E-state index in [1.54, 1.807) is 0 Å². The number of aromatic nitrogens is 2. The van der Waals surface area contributed by atoms with E-state index in [1.165, 1.54) is 66.1 Å². The second kappa shape index (κ2) is 11.1. The summed E-state index contributed by atoms with van der Waals surface area (Å²) in [5.41, 5.74) is 12.1. The molecule has 0 amide bonds. The van der Waals surface area contributed by atoms with Crippen LogP contribution in [0.15, 0.2) is 134 Å². The van der Waals surface area contributed by atoms with Crippen LogP contribution in [-0.2, 0) is 12.8 Å². The maximum absolute atomic E-state index is 4.47. The first-order valence-corrected chi connectivity index (χ1v) is 14.8. The van der Waals surface area contributed by atoms with Gasteiger partial charge in [0.25, 0.3) is 0 Å². The van der Waals surface area contributed by atoms with E-state index in [2.05, 4.69) is 145 Å². The van der Waals surface area contributed by atoms with Gasteiger partial charge in [0.2, 0.25) is 0 Å². The molecule has 2 heterocycles. The van der Waals surface area contributed by atoms with Crippen LogP contribution in [0.25, 0.3) is 66.1 Å². The van der Waals surface area contributed by atoms with Gasteiger partial charge in [0, 0.05) is 23.8 Å². The van der Waals surface area contributed by atoms with Crippen LogP contribution < -0.4 is 0 Å². The summed E-state index contributed by atoms with van der Waals surface area (Å²) in [6.45, 7) is 4.29. The standard InChI is InChI=1S/C40H32N2/c1-3-33-25-31(21-23-41-33)27-13-17-29(18-14-27)39-35-9-5-7-11-37(35)40(38-12-8-6-10-36(38)39)30-19-15-28(16-20-30)32-22-24-42-34(4-2)26-32/h5-26H,3-4H2,1-2H3.